The number of aryl methyl sites for hydroxylation is 1. The fourth-order valence-electron chi connectivity index (χ4n) is 5.37. The lowest BCUT2D eigenvalue weighted by Gasteiger charge is -2.34. The van der Waals surface area contributed by atoms with Gasteiger partial charge in [0.05, 0.1) is 5.29 Å². The molecular weight excluding hydrogens is 528 g/mol. The van der Waals surface area contributed by atoms with Crippen molar-refractivity contribution in [3.8, 4) is 0 Å². The highest BCUT2D eigenvalue weighted by Crippen LogP contribution is 2.31. The molecule has 0 spiro atoms. The highest BCUT2D eigenvalue weighted by Gasteiger charge is 2.23. The van der Waals surface area contributed by atoms with E-state index in [1.54, 1.807) is 0 Å². The Balaban J connectivity index is 0.000000169. The Morgan fingerprint density at radius 1 is 1.20 bits per heavy atom. The monoisotopic (exact) mass is 568 g/mol. The number of amides is 1. The molecule has 1 fully saturated rings. The van der Waals surface area contributed by atoms with E-state index in [4.69, 9.17) is 17.3 Å². The number of benzene rings is 2. The van der Waals surface area contributed by atoms with Gasteiger partial charge in [-0.3, -0.25) is 9.80 Å². The SMILES string of the molecule is CN(C)CC1Cc2cc(Cl)ccc2N(C)C1.NC(=O)C1CCN(N=O)CC1.O=CCCc1c[nH]c2ccccc12. The Kier molecular flexibility index (Phi) is 12.0. The molecule has 0 aliphatic carbocycles. The third-order valence-electron chi connectivity index (χ3n) is 7.31. The number of carbonyl (C=O) groups is 2. The molecule has 3 N–H and O–H groups in total. The molecule has 0 radical (unpaired) electrons. The second-order valence-corrected chi connectivity index (χ2v) is 11.2. The molecule has 40 heavy (non-hydrogen) atoms. The van der Waals surface area contributed by atoms with Crippen molar-refractivity contribution in [2.24, 2.45) is 22.9 Å². The first-order valence-electron chi connectivity index (χ1n) is 13.7. The van der Waals surface area contributed by atoms with Crippen LogP contribution >= 0.6 is 11.6 Å². The molecule has 3 heterocycles. The first kappa shape index (κ1) is 31.1. The van der Waals surface area contributed by atoms with Crippen molar-refractivity contribution in [1.82, 2.24) is 14.9 Å². The number of para-hydroxylation sites is 1. The maximum Gasteiger partial charge on any atom is 0.220 e. The van der Waals surface area contributed by atoms with Crippen LogP contribution in [0.25, 0.3) is 10.9 Å². The lowest BCUT2D eigenvalue weighted by atomic mass is 9.92. The summed E-state index contributed by atoms with van der Waals surface area (Å²) >= 11 is 6.05. The number of aldehydes is 1. The summed E-state index contributed by atoms with van der Waals surface area (Å²) in [6.45, 7) is 3.37. The van der Waals surface area contributed by atoms with E-state index in [1.807, 2.05) is 30.5 Å². The number of hydrogen-bond donors (Lipinski definition) is 2. The average molecular weight is 569 g/mol. The van der Waals surface area contributed by atoms with Crippen LogP contribution in [0.2, 0.25) is 5.02 Å². The Bertz CT molecular complexity index is 1260. The zero-order valence-electron chi connectivity index (χ0n) is 23.7. The Hall–Kier alpha value is -3.43. The van der Waals surface area contributed by atoms with E-state index in [0.29, 0.717) is 38.3 Å². The predicted molar refractivity (Wildman–Crippen MR) is 162 cm³/mol. The fraction of sp³-hybridized carbons (Fsp3) is 0.467. The molecule has 1 atom stereocenters. The standard InChI is InChI=1S/C13H19ClN2.C11H11NO.C6H11N3O2/c1-15(2)8-10-6-11-7-12(14)4-5-13(11)16(3)9-10;13-7-3-4-9-8-12-11-6-2-1-5-10(9)11;7-6(10)5-1-3-9(8-11)4-2-5/h4-5,7,10H,6,8-9H2,1-3H3;1-2,5-8,12H,3-4H2;5H,1-4H2,(H2,7,10). The molecule has 2 aromatic carbocycles. The van der Waals surface area contributed by atoms with Gasteiger partial charge < -0.3 is 25.3 Å². The van der Waals surface area contributed by atoms with Crippen LogP contribution in [0.3, 0.4) is 0 Å². The first-order chi connectivity index (χ1) is 19.2. The van der Waals surface area contributed by atoms with Crippen molar-refractivity contribution in [2.45, 2.75) is 32.1 Å². The van der Waals surface area contributed by atoms with E-state index in [0.717, 1.165) is 42.8 Å². The molecule has 1 aromatic heterocycles. The fourth-order valence-corrected chi connectivity index (χ4v) is 5.57. The molecule has 0 bridgehead atoms. The van der Waals surface area contributed by atoms with Crippen molar-refractivity contribution < 1.29 is 9.59 Å². The van der Waals surface area contributed by atoms with Gasteiger partial charge in [0.2, 0.25) is 5.91 Å². The van der Waals surface area contributed by atoms with Crippen LogP contribution in [0.5, 0.6) is 0 Å². The minimum absolute atomic E-state index is 0.0620. The first-order valence-corrected chi connectivity index (χ1v) is 14.1. The number of rotatable bonds is 7. The number of nitrogens with zero attached hydrogens (tertiary/aromatic N) is 4. The second-order valence-electron chi connectivity index (χ2n) is 10.8. The number of nitroso groups, excluding NO2 is 1. The van der Waals surface area contributed by atoms with E-state index in [1.165, 1.54) is 27.2 Å². The molecule has 3 aromatic rings. The zero-order valence-corrected chi connectivity index (χ0v) is 24.4. The zero-order chi connectivity index (χ0) is 29.1. The van der Waals surface area contributed by atoms with E-state index >= 15 is 0 Å². The summed E-state index contributed by atoms with van der Waals surface area (Å²) in [6.07, 6.45) is 6.81. The van der Waals surface area contributed by atoms with E-state index in [9.17, 15) is 14.5 Å². The normalized spacial score (nSPS) is 16.9. The molecule has 9 nitrogen and oxygen atoms in total. The van der Waals surface area contributed by atoms with Crippen molar-refractivity contribution in [3.63, 3.8) is 0 Å². The molecule has 1 saturated heterocycles. The number of aromatic nitrogens is 1. The molecule has 10 heteroatoms. The number of hydrogen-bond acceptors (Lipinski definition) is 6. The molecular formula is C30H41ClN6O3. The van der Waals surface area contributed by atoms with Crippen molar-refractivity contribution in [3.05, 3.63) is 69.7 Å². The lowest BCUT2D eigenvalue weighted by molar-refractivity contribution is -0.123. The molecule has 1 unspecified atom stereocenters. The van der Waals surface area contributed by atoms with Gasteiger partial charge in [0.25, 0.3) is 0 Å². The lowest BCUT2D eigenvalue weighted by Crippen LogP contribution is -2.37. The number of halogens is 1. The molecule has 0 saturated carbocycles. The maximum atomic E-state index is 10.6. The number of primary amides is 1. The van der Waals surface area contributed by atoms with Gasteiger partial charge in [0.15, 0.2) is 0 Å². The summed E-state index contributed by atoms with van der Waals surface area (Å²) in [5, 5.41) is 6.26. The van der Waals surface area contributed by atoms with Crippen LogP contribution in [-0.4, -0.2) is 74.4 Å². The number of H-pyrrole nitrogens is 1. The van der Waals surface area contributed by atoms with Gasteiger partial charge in [0.1, 0.15) is 6.29 Å². The van der Waals surface area contributed by atoms with Crippen LogP contribution in [0.4, 0.5) is 5.69 Å². The van der Waals surface area contributed by atoms with Crippen molar-refractivity contribution in [2.75, 3.05) is 52.2 Å². The minimum Gasteiger partial charge on any atom is -0.374 e. The molecule has 216 valence electrons. The number of nitrogens with two attached hydrogens (primary N) is 1. The van der Waals surface area contributed by atoms with E-state index in [-0.39, 0.29) is 11.8 Å². The summed E-state index contributed by atoms with van der Waals surface area (Å²) in [5.74, 6) is 0.370. The van der Waals surface area contributed by atoms with E-state index in [2.05, 4.69) is 59.4 Å². The summed E-state index contributed by atoms with van der Waals surface area (Å²) in [6, 6.07) is 14.3. The van der Waals surface area contributed by atoms with Gasteiger partial charge in [-0.1, -0.05) is 29.8 Å². The van der Waals surface area contributed by atoms with Crippen LogP contribution in [-0.2, 0) is 22.4 Å². The number of carbonyl (C=O) groups excluding carboxylic acids is 2. The number of fused-ring (bicyclic) bond motifs is 2. The van der Waals surface area contributed by atoms with Crippen LogP contribution in [0, 0.1) is 16.7 Å². The minimum atomic E-state index is -0.268. The van der Waals surface area contributed by atoms with Gasteiger partial charge in [-0.15, -0.1) is 4.91 Å². The quantitative estimate of drug-likeness (QED) is 0.316. The number of piperidine rings is 1. The Labute approximate surface area is 241 Å². The van der Waals surface area contributed by atoms with Crippen molar-refractivity contribution in [1.29, 1.82) is 0 Å². The summed E-state index contributed by atoms with van der Waals surface area (Å²) in [4.78, 5) is 38.6. The highest BCUT2D eigenvalue weighted by molar-refractivity contribution is 6.30. The summed E-state index contributed by atoms with van der Waals surface area (Å²) < 4.78 is 0. The molecule has 5 rings (SSSR count). The second kappa shape index (κ2) is 15.4. The van der Waals surface area contributed by atoms with E-state index < -0.39 is 0 Å². The average Bonchev–Trinajstić information content (AvgIpc) is 3.35. The van der Waals surface area contributed by atoms with Gasteiger partial charge in [-0.05, 0) is 81.1 Å². The largest absolute Gasteiger partial charge is 0.374 e. The van der Waals surface area contributed by atoms with Crippen LogP contribution in [0.1, 0.15) is 30.4 Å². The van der Waals surface area contributed by atoms with Gasteiger partial charge in [-0.25, -0.2) is 0 Å². The van der Waals surface area contributed by atoms with Crippen LogP contribution in [0.15, 0.2) is 53.9 Å². The number of aromatic amines is 1. The van der Waals surface area contributed by atoms with Gasteiger partial charge in [0, 0.05) is 73.4 Å². The third kappa shape index (κ3) is 9.06. The number of anilines is 1. The summed E-state index contributed by atoms with van der Waals surface area (Å²) in [5.41, 5.74) is 10.2. The summed E-state index contributed by atoms with van der Waals surface area (Å²) in [7, 11) is 6.43. The van der Waals surface area contributed by atoms with Crippen molar-refractivity contribution >= 4 is 40.4 Å². The Morgan fingerprint density at radius 2 is 1.93 bits per heavy atom. The third-order valence-corrected chi connectivity index (χ3v) is 7.55. The van der Waals surface area contributed by atoms with Crippen LogP contribution < -0.4 is 10.6 Å². The predicted octanol–water partition coefficient (Wildman–Crippen LogP) is 4.67. The molecule has 2 aliphatic rings. The molecule has 2 aliphatic heterocycles. The van der Waals surface area contributed by atoms with Gasteiger partial charge >= 0.3 is 0 Å². The Morgan fingerprint density at radius 3 is 2.58 bits per heavy atom. The maximum absolute atomic E-state index is 10.6. The topological polar surface area (TPSA) is 115 Å². The number of nitrogens with one attached hydrogen (secondary N) is 1. The van der Waals surface area contributed by atoms with Gasteiger partial charge in [-0.2, -0.15) is 0 Å². The highest BCUT2D eigenvalue weighted by atomic mass is 35.5. The smallest absolute Gasteiger partial charge is 0.220 e. The molecule has 1 amide bonds.